The van der Waals surface area contributed by atoms with Gasteiger partial charge in [0.1, 0.15) is 18.4 Å². The number of benzene rings is 2. The van der Waals surface area contributed by atoms with E-state index in [1.807, 2.05) is 62.4 Å². The van der Waals surface area contributed by atoms with Crippen molar-refractivity contribution in [1.29, 1.82) is 0 Å². The van der Waals surface area contributed by atoms with Crippen molar-refractivity contribution in [2.24, 2.45) is 0 Å². The molecule has 2 amide bonds. The van der Waals surface area contributed by atoms with Gasteiger partial charge in [0.05, 0.1) is 10.9 Å². The first-order valence-corrected chi connectivity index (χ1v) is 11.8. The van der Waals surface area contributed by atoms with Gasteiger partial charge >= 0.3 is 0 Å². The van der Waals surface area contributed by atoms with Crippen LogP contribution in [0.2, 0.25) is 0 Å². The monoisotopic (exact) mass is 459 g/mol. The van der Waals surface area contributed by atoms with Crippen LogP contribution in [0, 0.1) is 6.92 Å². The van der Waals surface area contributed by atoms with E-state index in [0.29, 0.717) is 19.4 Å². The highest BCUT2D eigenvalue weighted by Gasteiger charge is 2.53. The lowest BCUT2D eigenvalue weighted by atomic mass is 9.79. The Morgan fingerprint density at radius 2 is 1.97 bits per heavy atom. The second-order valence-corrected chi connectivity index (χ2v) is 9.58. The summed E-state index contributed by atoms with van der Waals surface area (Å²) in [6.45, 7) is 4.35. The number of carbonyl (C=O) groups excluding carboxylic acids is 2. The van der Waals surface area contributed by atoms with E-state index in [-0.39, 0.29) is 11.9 Å². The van der Waals surface area contributed by atoms with Gasteiger partial charge in [-0.2, -0.15) is 0 Å². The molecule has 0 aliphatic carbocycles. The first-order chi connectivity index (χ1) is 16.4. The first kappa shape index (κ1) is 22.3. The van der Waals surface area contributed by atoms with Crippen LogP contribution in [0.25, 0.3) is 10.9 Å². The standard InChI is InChI=1S/C27H29N3O4/c1-17-14-18(22-7-3-4-8-23(22)28-17)16-34-21-12-10-19(11-13-21)27(2)15-20-6-5-9-24(25(31)29-33)30(20)26(27)32/h3-4,7-8,10-14,20,24,33H,5-6,9,15-16H2,1-2H3,(H,29,31)/t20?,24-,27+/m1/s1. The number of piperidine rings is 1. The molecule has 5 rings (SSSR count). The molecule has 34 heavy (non-hydrogen) atoms. The van der Waals surface area contributed by atoms with Crippen molar-refractivity contribution in [3.05, 3.63) is 71.4 Å². The van der Waals surface area contributed by atoms with Crippen LogP contribution >= 0.6 is 0 Å². The van der Waals surface area contributed by atoms with Crippen molar-refractivity contribution in [1.82, 2.24) is 15.4 Å². The molecular formula is C27H29N3O4. The summed E-state index contributed by atoms with van der Waals surface area (Å²) in [6.07, 6.45) is 2.96. The van der Waals surface area contributed by atoms with Gasteiger partial charge < -0.3 is 9.64 Å². The van der Waals surface area contributed by atoms with Crippen molar-refractivity contribution >= 4 is 22.7 Å². The minimum Gasteiger partial charge on any atom is -0.489 e. The summed E-state index contributed by atoms with van der Waals surface area (Å²) in [7, 11) is 0. The van der Waals surface area contributed by atoms with Crippen molar-refractivity contribution in [3.63, 3.8) is 0 Å². The van der Waals surface area contributed by atoms with Crippen molar-refractivity contribution in [2.75, 3.05) is 0 Å². The number of ether oxygens (including phenoxy) is 1. The van der Waals surface area contributed by atoms with Crippen molar-refractivity contribution in [2.45, 2.75) is 63.6 Å². The zero-order valence-electron chi connectivity index (χ0n) is 19.5. The Labute approximate surface area is 198 Å². The highest BCUT2D eigenvalue weighted by molar-refractivity contribution is 5.95. The molecule has 2 aromatic carbocycles. The zero-order valence-corrected chi connectivity index (χ0v) is 19.5. The van der Waals surface area contributed by atoms with Gasteiger partial charge in [-0.15, -0.1) is 0 Å². The molecule has 0 saturated carbocycles. The molecule has 3 heterocycles. The number of nitrogens with zero attached hydrogens (tertiary/aromatic N) is 2. The summed E-state index contributed by atoms with van der Waals surface area (Å²) in [4.78, 5) is 31.9. The molecule has 1 unspecified atom stereocenters. The van der Waals surface area contributed by atoms with Crippen LogP contribution in [0.5, 0.6) is 5.75 Å². The number of para-hydroxylation sites is 1. The fraction of sp³-hybridized carbons (Fsp3) is 0.370. The number of amides is 2. The lowest BCUT2D eigenvalue weighted by molar-refractivity contribution is -0.147. The van der Waals surface area contributed by atoms with Gasteiger partial charge in [0.2, 0.25) is 5.91 Å². The summed E-state index contributed by atoms with van der Waals surface area (Å²) in [5.41, 5.74) is 4.91. The van der Waals surface area contributed by atoms with Gasteiger partial charge in [-0.3, -0.25) is 19.8 Å². The van der Waals surface area contributed by atoms with Crippen LogP contribution < -0.4 is 10.2 Å². The third kappa shape index (κ3) is 3.80. The summed E-state index contributed by atoms with van der Waals surface area (Å²) < 4.78 is 6.09. The SMILES string of the molecule is Cc1cc(COc2ccc([C@]3(C)CC4CCC[C@H](C(=O)NO)N4C3=O)cc2)c2ccccc2n1. The van der Waals surface area contributed by atoms with Crippen LogP contribution in [0.3, 0.4) is 0 Å². The van der Waals surface area contributed by atoms with Gasteiger partial charge in [0.15, 0.2) is 0 Å². The quantitative estimate of drug-likeness (QED) is 0.444. The predicted molar refractivity (Wildman–Crippen MR) is 127 cm³/mol. The molecule has 7 heteroatoms. The van der Waals surface area contributed by atoms with Gasteiger partial charge in [-0.05, 0) is 69.4 Å². The Morgan fingerprint density at radius 1 is 1.21 bits per heavy atom. The molecule has 2 N–H and O–H groups in total. The third-order valence-electron chi connectivity index (χ3n) is 7.32. The van der Waals surface area contributed by atoms with E-state index in [4.69, 9.17) is 9.94 Å². The molecule has 0 bridgehead atoms. The minimum absolute atomic E-state index is 0.00712. The molecule has 3 atom stereocenters. The maximum atomic E-state index is 13.5. The van der Waals surface area contributed by atoms with Crippen LogP contribution in [-0.4, -0.2) is 39.0 Å². The number of hydroxylamine groups is 1. The summed E-state index contributed by atoms with van der Waals surface area (Å²) in [6, 6.07) is 17.2. The number of hydrogen-bond donors (Lipinski definition) is 2. The number of hydrogen-bond acceptors (Lipinski definition) is 5. The van der Waals surface area contributed by atoms with Gasteiger partial charge in [0.25, 0.3) is 5.91 Å². The molecule has 7 nitrogen and oxygen atoms in total. The number of nitrogens with one attached hydrogen (secondary N) is 1. The summed E-state index contributed by atoms with van der Waals surface area (Å²) in [5, 5.41) is 10.2. The van der Waals surface area contributed by atoms with E-state index in [1.54, 1.807) is 10.4 Å². The fourth-order valence-corrected chi connectivity index (χ4v) is 5.60. The number of rotatable bonds is 5. The topological polar surface area (TPSA) is 91.8 Å². The molecule has 2 aliphatic rings. The Kier molecular flexibility index (Phi) is 5.73. The van der Waals surface area contributed by atoms with Crippen LogP contribution in [0.1, 0.15) is 49.4 Å². The highest BCUT2D eigenvalue weighted by Crippen LogP contribution is 2.44. The fourth-order valence-electron chi connectivity index (χ4n) is 5.60. The summed E-state index contributed by atoms with van der Waals surface area (Å²) in [5.74, 6) is 0.162. The molecule has 2 fully saturated rings. The Bertz CT molecular complexity index is 1240. The largest absolute Gasteiger partial charge is 0.489 e. The molecule has 2 saturated heterocycles. The third-order valence-corrected chi connectivity index (χ3v) is 7.32. The second kappa shape index (κ2) is 8.72. The van der Waals surface area contributed by atoms with E-state index >= 15 is 0 Å². The van der Waals surface area contributed by atoms with Gasteiger partial charge in [0, 0.05) is 22.7 Å². The van der Waals surface area contributed by atoms with Crippen LogP contribution in [0.4, 0.5) is 0 Å². The molecule has 176 valence electrons. The predicted octanol–water partition coefficient (Wildman–Crippen LogP) is 4.04. The van der Waals surface area contributed by atoms with E-state index in [0.717, 1.165) is 46.3 Å². The average molecular weight is 460 g/mol. The van der Waals surface area contributed by atoms with E-state index in [2.05, 4.69) is 11.1 Å². The molecule has 0 spiro atoms. The normalized spacial score (nSPS) is 24.2. The zero-order chi connectivity index (χ0) is 23.9. The van der Waals surface area contributed by atoms with E-state index < -0.39 is 17.4 Å². The maximum absolute atomic E-state index is 13.5. The van der Waals surface area contributed by atoms with Crippen LogP contribution in [0.15, 0.2) is 54.6 Å². The van der Waals surface area contributed by atoms with Gasteiger partial charge in [-0.1, -0.05) is 30.3 Å². The molecule has 1 aromatic heterocycles. The Morgan fingerprint density at radius 3 is 2.74 bits per heavy atom. The smallest absolute Gasteiger partial charge is 0.266 e. The van der Waals surface area contributed by atoms with Crippen LogP contribution in [-0.2, 0) is 21.6 Å². The van der Waals surface area contributed by atoms with E-state index in [1.165, 1.54) is 0 Å². The lowest BCUT2D eigenvalue weighted by Crippen LogP contribution is -2.53. The minimum atomic E-state index is -0.708. The number of aromatic nitrogens is 1. The maximum Gasteiger partial charge on any atom is 0.266 e. The molecular weight excluding hydrogens is 430 g/mol. The van der Waals surface area contributed by atoms with Crippen molar-refractivity contribution in [3.8, 4) is 5.75 Å². The van der Waals surface area contributed by atoms with E-state index in [9.17, 15) is 9.59 Å². The number of carbonyl (C=O) groups is 2. The molecule has 0 radical (unpaired) electrons. The van der Waals surface area contributed by atoms with Crippen molar-refractivity contribution < 1.29 is 19.5 Å². The lowest BCUT2D eigenvalue weighted by Gasteiger charge is -2.36. The first-order valence-electron chi connectivity index (χ1n) is 11.8. The summed E-state index contributed by atoms with van der Waals surface area (Å²) >= 11 is 0. The number of fused-ring (bicyclic) bond motifs is 2. The highest BCUT2D eigenvalue weighted by atomic mass is 16.5. The number of pyridine rings is 1. The number of aryl methyl sites for hydroxylation is 1. The van der Waals surface area contributed by atoms with Gasteiger partial charge in [-0.25, -0.2) is 5.48 Å². The Hall–Kier alpha value is -3.45. The molecule has 2 aliphatic heterocycles. The molecule has 3 aromatic rings. The Balaban J connectivity index is 1.34. The second-order valence-electron chi connectivity index (χ2n) is 9.58. The average Bonchev–Trinajstić information content (AvgIpc) is 3.13.